The first-order valence-corrected chi connectivity index (χ1v) is 9.17. The first kappa shape index (κ1) is 16.0. The van der Waals surface area contributed by atoms with Crippen molar-refractivity contribution in [3.05, 3.63) is 48.3 Å². The number of nitrogens with zero attached hydrogens (tertiary/aromatic N) is 3. The summed E-state index contributed by atoms with van der Waals surface area (Å²) in [5.41, 5.74) is 2.33. The zero-order valence-corrected chi connectivity index (χ0v) is 14.4. The standard InChI is InChI=1S/C19H25N5O/c25-19(24-10-5-4-8-18(24)15-12-20-21-13-15)22-16-9-11-23(14-16)17-6-2-1-3-7-17/h1-3,6-7,12-13,16,18H,4-5,8-11,14H2,(H,20,21)(H,22,25)/t16-,18-/m1/s1. The molecule has 2 atom stereocenters. The minimum Gasteiger partial charge on any atom is -0.369 e. The molecule has 2 aliphatic rings. The molecule has 1 aromatic heterocycles. The number of rotatable bonds is 3. The van der Waals surface area contributed by atoms with Crippen LogP contribution >= 0.6 is 0 Å². The molecule has 4 rings (SSSR count). The number of amides is 2. The first-order valence-electron chi connectivity index (χ1n) is 9.17. The number of aromatic amines is 1. The fourth-order valence-corrected chi connectivity index (χ4v) is 3.97. The summed E-state index contributed by atoms with van der Waals surface area (Å²) >= 11 is 0. The molecule has 6 heteroatoms. The molecule has 2 amide bonds. The van der Waals surface area contributed by atoms with E-state index in [1.165, 1.54) is 5.69 Å². The van der Waals surface area contributed by atoms with Gasteiger partial charge >= 0.3 is 6.03 Å². The number of para-hydroxylation sites is 1. The molecular weight excluding hydrogens is 314 g/mol. The maximum atomic E-state index is 12.9. The fourth-order valence-electron chi connectivity index (χ4n) is 3.97. The van der Waals surface area contributed by atoms with Gasteiger partial charge in [-0.2, -0.15) is 5.10 Å². The molecule has 2 aromatic rings. The van der Waals surface area contributed by atoms with Crippen molar-refractivity contribution in [3.63, 3.8) is 0 Å². The van der Waals surface area contributed by atoms with E-state index in [1.807, 2.05) is 23.4 Å². The molecule has 6 nitrogen and oxygen atoms in total. The Labute approximate surface area is 148 Å². The van der Waals surface area contributed by atoms with Crippen LogP contribution in [0, 0.1) is 0 Å². The SMILES string of the molecule is O=C(N[C@@H]1CCN(c2ccccc2)C1)N1CCCC[C@@H]1c1cn[nH]c1. The van der Waals surface area contributed by atoms with Gasteiger partial charge in [0.25, 0.3) is 0 Å². The van der Waals surface area contributed by atoms with Crippen molar-refractivity contribution in [2.45, 2.75) is 37.8 Å². The van der Waals surface area contributed by atoms with Gasteiger partial charge in [0, 0.05) is 43.1 Å². The Morgan fingerprint density at radius 2 is 2.04 bits per heavy atom. The molecule has 3 heterocycles. The van der Waals surface area contributed by atoms with Crippen LogP contribution in [0.3, 0.4) is 0 Å². The lowest BCUT2D eigenvalue weighted by atomic mass is 9.98. The Morgan fingerprint density at radius 3 is 2.84 bits per heavy atom. The third-order valence-electron chi connectivity index (χ3n) is 5.31. The van der Waals surface area contributed by atoms with E-state index in [1.54, 1.807) is 0 Å². The van der Waals surface area contributed by atoms with E-state index < -0.39 is 0 Å². The number of nitrogens with one attached hydrogen (secondary N) is 2. The third-order valence-corrected chi connectivity index (χ3v) is 5.31. The fraction of sp³-hybridized carbons (Fsp3) is 0.474. The molecule has 2 aliphatic heterocycles. The monoisotopic (exact) mass is 339 g/mol. The van der Waals surface area contributed by atoms with Gasteiger partial charge in [-0.3, -0.25) is 5.10 Å². The lowest BCUT2D eigenvalue weighted by Gasteiger charge is -2.36. The van der Waals surface area contributed by atoms with Crippen LogP contribution in [-0.2, 0) is 0 Å². The number of likely N-dealkylation sites (tertiary alicyclic amines) is 1. The number of H-pyrrole nitrogens is 1. The van der Waals surface area contributed by atoms with Crippen molar-refractivity contribution in [2.75, 3.05) is 24.5 Å². The zero-order chi connectivity index (χ0) is 17.1. The van der Waals surface area contributed by atoms with Crippen LogP contribution < -0.4 is 10.2 Å². The van der Waals surface area contributed by atoms with Crippen molar-refractivity contribution in [1.82, 2.24) is 20.4 Å². The Hall–Kier alpha value is -2.50. The minimum atomic E-state index is 0.0609. The van der Waals surface area contributed by atoms with Crippen molar-refractivity contribution < 1.29 is 4.79 Å². The first-order chi connectivity index (χ1) is 12.3. The van der Waals surface area contributed by atoms with Crippen molar-refractivity contribution in [1.29, 1.82) is 0 Å². The largest absolute Gasteiger partial charge is 0.369 e. The average Bonchev–Trinajstić information content (AvgIpc) is 3.34. The smallest absolute Gasteiger partial charge is 0.318 e. The van der Waals surface area contributed by atoms with E-state index in [9.17, 15) is 4.79 Å². The number of hydrogen-bond acceptors (Lipinski definition) is 3. The lowest BCUT2D eigenvalue weighted by Crippen LogP contribution is -2.48. The predicted molar refractivity (Wildman–Crippen MR) is 97.5 cm³/mol. The lowest BCUT2D eigenvalue weighted by molar-refractivity contribution is 0.149. The number of benzene rings is 1. The molecule has 0 saturated carbocycles. The Kier molecular flexibility index (Phi) is 4.59. The average molecular weight is 339 g/mol. The highest BCUT2D eigenvalue weighted by Crippen LogP contribution is 2.30. The van der Waals surface area contributed by atoms with Gasteiger partial charge in [-0.15, -0.1) is 0 Å². The number of carbonyl (C=O) groups is 1. The van der Waals surface area contributed by atoms with E-state index in [2.05, 4.69) is 44.7 Å². The summed E-state index contributed by atoms with van der Waals surface area (Å²) in [6.07, 6.45) is 7.97. The van der Waals surface area contributed by atoms with Gasteiger partial charge in [-0.25, -0.2) is 4.79 Å². The molecule has 0 aliphatic carbocycles. The van der Waals surface area contributed by atoms with Gasteiger partial charge in [-0.05, 0) is 37.8 Å². The second-order valence-electron chi connectivity index (χ2n) is 6.95. The molecule has 25 heavy (non-hydrogen) atoms. The summed E-state index contributed by atoms with van der Waals surface area (Å²) in [6, 6.07) is 10.8. The highest BCUT2D eigenvalue weighted by molar-refractivity contribution is 5.75. The summed E-state index contributed by atoms with van der Waals surface area (Å²) < 4.78 is 0. The van der Waals surface area contributed by atoms with E-state index in [0.29, 0.717) is 0 Å². The highest BCUT2D eigenvalue weighted by atomic mass is 16.2. The van der Waals surface area contributed by atoms with Crippen LogP contribution in [0.5, 0.6) is 0 Å². The summed E-state index contributed by atoms with van der Waals surface area (Å²) in [7, 11) is 0. The molecule has 132 valence electrons. The van der Waals surface area contributed by atoms with Crippen LogP contribution in [0.25, 0.3) is 0 Å². The van der Waals surface area contributed by atoms with E-state index in [4.69, 9.17) is 0 Å². The van der Waals surface area contributed by atoms with Crippen LogP contribution in [0.2, 0.25) is 0 Å². The molecule has 2 fully saturated rings. The molecular formula is C19H25N5O. The summed E-state index contributed by atoms with van der Waals surface area (Å²) in [6.45, 7) is 2.68. The molecule has 2 saturated heterocycles. The summed E-state index contributed by atoms with van der Waals surface area (Å²) in [4.78, 5) is 17.2. The Morgan fingerprint density at radius 1 is 1.16 bits per heavy atom. The number of anilines is 1. The van der Waals surface area contributed by atoms with Gasteiger partial charge in [0.1, 0.15) is 0 Å². The third kappa shape index (κ3) is 3.48. The molecule has 2 N–H and O–H groups in total. The van der Waals surface area contributed by atoms with E-state index in [0.717, 1.165) is 50.9 Å². The number of piperidine rings is 1. The molecule has 0 radical (unpaired) electrons. The highest BCUT2D eigenvalue weighted by Gasteiger charge is 2.31. The molecule has 1 aromatic carbocycles. The molecule has 0 unspecified atom stereocenters. The number of hydrogen-bond donors (Lipinski definition) is 2. The van der Waals surface area contributed by atoms with Gasteiger partial charge in [0.05, 0.1) is 12.2 Å². The number of aromatic nitrogens is 2. The number of carbonyl (C=O) groups excluding carboxylic acids is 1. The predicted octanol–water partition coefficient (Wildman–Crippen LogP) is 2.93. The van der Waals surface area contributed by atoms with Crippen molar-refractivity contribution in [3.8, 4) is 0 Å². The molecule has 0 bridgehead atoms. The van der Waals surface area contributed by atoms with Gasteiger partial charge in [0.2, 0.25) is 0 Å². The minimum absolute atomic E-state index is 0.0609. The zero-order valence-electron chi connectivity index (χ0n) is 14.4. The van der Waals surface area contributed by atoms with Gasteiger partial charge < -0.3 is 15.1 Å². The van der Waals surface area contributed by atoms with Crippen LogP contribution in [0.15, 0.2) is 42.7 Å². The summed E-state index contributed by atoms with van der Waals surface area (Å²) in [5, 5.41) is 10.2. The number of urea groups is 1. The van der Waals surface area contributed by atoms with E-state index in [-0.39, 0.29) is 18.1 Å². The normalized spacial score (nSPS) is 23.7. The molecule has 0 spiro atoms. The van der Waals surface area contributed by atoms with Crippen molar-refractivity contribution >= 4 is 11.7 Å². The van der Waals surface area contributed by atoms with E-state index >= 15 is 0 Å². The summed E-state index contributed by atoms with van der Waals surface area (Å²) in [5.74, 6) is 0. The quantitative estimate of drug-likeness (QED) is 0.904. The van der Waals surface area contributed by atoms with Crippen molar-refractivity contribution in [2.24, 2.45) is 0 Å². The topological polar surface area (TPSA) is 64.3 Å². The van der Waals surface area contributed by atoms with Crippen LogP contribution in [-0.4, -0.2) is 46.8 Å². The maximum absolute atomic E-state index is 12.9. The van der Waals surface area contributed by atoms with Crippen LogP contribution in [0.4, 0.5) is 10.5 Å². The Balaban J connectivity index is 1.38. The second-order valence-corrected chi connectivity index (χ2v) is 6.95. The van der Waals surface area contributed by atoms with Crippen LogP contribution in [0.1, 0.15) is 37.3 Å². The van der Waals surface area contributed by atoms with Gasteiger partial charge in [0.15, 0.2) is 0 Å². The second kappa shape index (κ2) is 7.17. The van der Waals surface area contributed by atoms with Gasteiger partial charge in [-0.1, -0.05) is 18.2 Å². The Bertz CT molecular complexity index is 687. The maximum Gasteiger partial charge on any atom is 0.318 e.